The third-order valence-electron chi connectivity index (χ3n) is 2.27. The van der Waals surface area contributed by atoms with E-state index in [-0.39, 0.29) is 16.0 Å². The summed E-state index contributed by atoms with van der Waals surface area (Å²) in [6, 6.07) is 5.12. The van der Waals surface area contributed by atoms with Gasteiger partial charge in [0.15, 0.2) is 5.82 Å². The van der Waals surface area contributed by atoms with E-state index in [0.717, 1.165) is 6.07 Å². The van der Waals surface area contributed by atoms with Crippen LogP contribution in [0, 0.1) is 5.82 Å². The van der Waals surface area contributed by atoms with Gasteiger partial charge in [0.2, 0.25) is 0 Å². The number of anilines is 2. The van der Waals surface area contributed by atoms with Gasteiger partial charge in [0.05, 0.1) is 9.50 Å². The van der Waals surface area contributed by atoms with Crippen molar-refractivity contribution in [2.75, 3.05) is 10.5 Å². The van der Waals surface area contributed by atoms with Crippen LogP contribution in [-0.2, 0) is 10.0 Å². The Bertz CT molecular complexity index is 753. The minimum Gasteiger partial charge on any atom is -0.399 e. The third-order valence-corrected chi connectivity index (χ3v) is 4.43. The first kappa shape index (κ1) is 15.0. The van der Waals surface area contributed by atoms with E-state index in [0.29, 0.717) is 5.02 Å². The van der Waals surface area contributed by atoms with E-state index >= 15 is 0 Å². The van der Waals surface area contributed by atoms with E-state index in [1.807, 2.05) is 0 Å². The molecule has 2 rings (SSSR count). The summed E-state index contributed by atoms with van der Waals surface area (Å²) in [6.07, 6.45) is 1.27. The minimum atomic E-state index is -4.14. The molecule has 0 radical (unpaired) electrons. The molecule has 0 saturated heterocycles. The molecular weight excluding hydrogens is 373 g/mol. The van der Waals surface area contributed by atoms with Crippen LogP contribution >= 0.6 is 27.5 Å². The Morgan fingerprint density at radius 1 is 1.35 bits per heavy atom. The van der Waals surface area contributed by atoms with Gasteiger partial charge < -0.3 is 5.73 Å². The number of hydrogen-bond acceptors (Lipinski definition) is 4. The summed E-state index contributed by atoms with van der Waals surface area (Å²) < 4.78 is 40.2. The number of nitrogen functional groups attached to an aromatic ring is 1. The maximum atomic E-state index is 13.9. The number of pyridine rings is 1. The molecule has 0 fully saturated rings. The highest BCUT2D eigenvalue weighted by atomic mass is 79.9. The van der Waals surface area contributed by atoms with E-state index in [9.17, 15) is 12.8 Å². The van der Waals surface area contributed by atoms with Gasteiger partial charge in [-0.25, -0.2) is 17.8 Å². The summed E-state index contributed by atoms with van der Waals surface area (Å²) >= 11 is 8.55. The smallest absolute Gasteiger partial charge is 0.266 e. The SMILES string of the molecule is Nc1cc(Br)c(F)c(S(=O)(=O)Nc2ccc(Cl)cn2)c1. The van der Waals surface area contributed by atoms with Crippen molar-refractivity contribution in [3.05, 3.63) is 45.8 Å². The highest BCUT2D eigenvalue weighted by Crippen LogP contribution is 2.27. The van der Waals surface area contributed by atoms with Crippen molar-refractivity contribution in [3.63, 3.8) is 0 Å². The molecule has 0 unspecified atom stereocenters. The lowest BCUT2D eigenvalue weighted by atomic mass is 10.3. The first-order valence-corrected chi connectivity index (χ1v) is 7.84. The molecule has 0 bridgehead atoms. The van der Waals surface area contributed by atoms with E-state index < -0.39 is 20.7 Å². The number of nitrogens with two attached hydrogens (primary N) is 1. The number of nitrogens with one attached hydrogen (secondary N) is 1. The zero-order valence-corrected chi connectivity index (χ0v) is 12.9. The molecule has 0 spiro atoms. The first-order valence-electron chi connectivity index (χ1n) is 5.18. The molecule has 0 aliphatic heterocycles. The number of benzene rings is 1. The van der Waals surface area contributed by atoms with E-state index in [2.05, 4.69) is 25.6 Å². The lowest BCUT2D eigenvalue weighted by molar-refractivity contribution is 0.566. The largest absolute Gasteiger partial charge is 0.399 e. The molecule has 0 aliphatic rings. The summed E-state index contributed by atoms with van der Waals surface area (Å²) in [5.41, 5.74) is 5.63. The van der Waals surface area contributed by atoms with Crippen molar-refractivity contribution in [2.24, 2.45) is 0 Å². The van der Waals surface area contributed by atoms with Crippen molar-refractivity contribution < 1.29 is 12.8 Å². The number of hydrogen-bond donors (Lipinski definition) is 2. The quantitative estimate of drug-likeness (QED) is 0.802. The fourth-order valence-electron chi connectivity index (χ4n) is 1.41. The Labute approximate surface area is 128 Å². The van der Waals surface area contributed by atoms with Gasteiger partial charge >= 0.3 is 0 Å². The van der Waals surface area contributed by atoms with Gasteiger partial charge in [-0.3, -0.25) is 4.72 Å². The summed E-state index contributed by atoms with van der Waals surface area (Å²) in [4.78, 5) is 3.21. The monoisotopic (exact) mass is 379 g/mol. The standard InChI is InChI=1S/C11H8BrClFN3O2S/c12-8-3-7(15)4-9(11(8)14)20(18,19)17-10-2-1-6(13)5-16-10/h1-5H,15H2,(H,16,17). The Kier molecular flexibility index (Phi) is 4.17. The summed E-state index contributed by atoms with van der Waals surface area (Å²) in [7, 11) is -4.14. The van der Waals surface area contributed by atoms with Crippen molar-refractivity contribution >= 4 is 49.1 Å². The Hall–Kier alpha value is -1.38. The van der Waals surface area contributed by atoms with E-state index in [1.54, 1.807) is 0 Å². The molecule has 0 amide bonds. The molecule has 5 nitrogen and oxygen atoms in total. The first-order chi connectivity index (χ1) is 9.29. The van der Waals surface area contributed by atoms with Gasteiger partial charge in [0.25, 0.3) is 10.0 Å². The predicted octanol–water partition coefficient (Wildman–Crippen LogP) is 3.02. The van der Waals surface area contributed by atoms with Crippen LogP contribution in [0.1, 0.15) is 0 Å². The lowest BCUT2D eigenvalue weighted by Crippen LogP contribution is -2.16. The molecule has 20 heavy (non-hydrogen) atoms. The molecule has 1 aromatic carbocycles. The molecule has 3 N–H and O–H groups in total. The Balaban J connectivity index is 2.43. The molecule has 106 valence electrons. The van der Waals surface area contributed by atoms with Gasteiger partial charge in [0.1, 0.15) is 10.7 Å². The van der Waals surface area contributed by atoms with Crippen molar-refractivity contribution in [3.8, 4) is 0 Å². The number of aromatic nitrogens is 1. The second kappa shape index (κ2) is 5.55. The highest BCUT2D eigenvalue weighted by Gasteiger charge is 2.22. The van der Waals surface area contributed by atoms with Gasteiger partial charge in [0, 0.05) is 11.9 Å². The molecule has 0 saturated carbocycles. The van der Waals surface area contributed by atoms with Crippen molar-refractivity contribution in [1.29, 1.82) is 0 Å². The normalized spacial score (nSPS) is 11.3. The van der Waals surface area contributed by atoms with Gasteiger partial charge in [-0.1, -0.05) is 11.6 Å². The second-order valence-electron chi connectivity index (χ2n) is 3.78. The average molecular weight is 381 g/mol. The molecule has 0 atom stereocenters. The molecule has 9 heteroatoms. The molecule has 0 aliphatic carbocycles. The molecule has 1 aromatic heterocycles. The Morgan fingerprint density at radius 2 is 2.05 bits per heavy atom. The maximum Gasteiger partial charge on any atom is 0.266 e. The molecular formula is C11H8BrClFN3O2S. The summed E-state index contributed by atoms with van der Waals surface area (Å²) in [5, 5.41) is 0.353. The lowest BCUT2D eigenvalue weighted by Gasteiger charge is -2.10. The maximum absolute atomic E-state index is 13.9. The summed E-state index contributed by atoms with van der Waals surface area (Å²) in [6.45, 7) is 0. The fraction of sp³-hybridized carbons (Fsp3) is 0. The zero-order valence-electron chi connectivity index (χ0n) is 9.77. The minimum absolute atomic E-state index is 0.0207. The molecule has 2 aromatic rings. The molecule has 1 heterocycles. The highest BCUT2D eigenvalue weighted by molar-refractivity contribution is 9.10. The topological polar surface area (TPSA) is 85.1 Å². The van der Waals surface area contributed by atoms with Crippen LogP contribution in [0.15, 0.2) is 39.8 Å². The van der Waals surface area contributed by atoms with Gasteiger partial charge in [-0.15, -0.1) is 0 Å². The van der Waals surface area contributed by atoms with Gasteiger partial charge in [-0.2, -0.15) is 0 Å². The van der Waals surface area contributed by atoms with Crippen molar-refractivity contribution in [2.45, 2.75) is 4.90 Å². The van der Waals surface area contributed by atoms with Crippen LogP contribution in [-0.4, -0.2) is 13.4 Å². The zero-order chi connectivity index (χ0) is 14.9. The number of rotatable bonds is 3. The van der Waals surface area contributed by atoms with E-state index in [4.69, 9.17) is 17.3 Å². The van der Waals surface area contributed by atoms with Crippen LogP contribution < -0.4 is 10.5 Å². The summed E-state index contributed by atoms with van der Waals surface area (Å²) in [5.74, 6) is -0.909. The van der Waals surface area contributed by atoms with Crippen LogP contribution in [0.5, 0.6) is 0 Å². The number of nitrogens with zero attached hydrogens (tertiary/aromatic N) is 1. The van der Waals surface area contributed by atoms with Crippen LogP contribution in [0.3, 0.4) is 0 Å². The van der Waals surface area contributed by atoms with Crippen molar-refractivity contribution in [1.82, 2.24) is 4.98 Å². The van der Waals surface area contributed by atoms with Crippen LogP contribution in [0.2, 0.25) is 5.02 Å². The van der Waals surface area contributed by atoms with Crippen LogP contribution in [0.25, 0.3) is 0 Å². The number of halogens is 3. The number of sulfonamides is 1. The third kappa shape index (κ3) is 3.20. The fourth-order valence-corrected chi connectivity index (χ4v) is 3.27. The average Bonchev–Trinajstić information content (AvgIpc) is 2.36. The Morgan fingerprint density at radius 3 is 2.65 bits per heavy atom. The second-order valence-corrected chi connectivity index (χ2v) is 6.72. The van der Waals surface area contributed by atoms with Gasteiger partial charge in [-0.05, 0) is 40.2 Å². The predicted molar refractivity (Wildman–Crippen MR) is 78.6 cm³/mol. The van der Waals surface area contributed by atoms with Crippen LogP contribution in [0.4, 0.5) is 15.9 Å². The van der Waals surface area contributed by atoms with E-state index in [1.165, 1.54) is 24.4 Å².